The zero-order valence-electron chi connectivity index (χ0n) is 37.4. The van der Waals surface area contributed by atoms with Crippen LogP contribution in [0.4, 0.5) is 0 Å². The molecular formula is C50H68CuN10O4. The Kier molecular flexibility index (Phi) is 13.4. The minimum Gasteiger partial charge on any atom is -0.430 e. The Morgan fingerprint density at radius 2 is 0.477 bits per heavy atom. The molecular weight excluding hydrogens is 868 g/mol. The minimum atomic E-state index is -0.324. The Labute approximate surface area is 394 Å². The Bertz CT molecular complexity index is 1760. The van der Waals surface area contributed by atoms with E-state index in [4.69, 9.17) is 0 Å². The van der Waals surface area contributed by atoms with Crippen molar-refractivity contribution >= 4 is 23.6 Å². The second-order valence-corrected chi connectivity index (χ2v) is 20.8. The largest absolute Gasteiger partial charge is 2.00 e. The summed E-state index contributed by atoms with van der Waals surface area (Å²) >= 11 is 0. The van der Waals surface area contributed by atoms with Crippen molar-refractivity contribution in [3.05, 3.63) is 84.9 Å². The minimum absolute atomic E-state index is 0. The molecule has 4 aliphatic carbocycles. The van der Waals surface area contributed by atoms with E-state index < -0.39 is 0 Å². The van der Waals surface area contributed by atoms with Crippen LogP contribution in [0.25, 0.3) is 0 Å². The first kappa shape index (κ1) is 45.7. The maximum atomic E-state index is 11.2. The first-order chi connectivity index (χ1) is 31.2. The zero-order valence-corrected chi connectivity index (χ0v) is 38.4. The molecule has 15 heteroatoms. The molecule has 2 aromatic carbocycles. The van der Waals surface area contributed by atoms with Crippen LogP contribution in [0.3, 0.4) is 0 Å². The molecule has 4 amide bonds. The van der Waals surface area contributed by atoms with E-state index >= 15 is 0 Å². The van der Waals surface area contributed by atoms with Gasteiger partial charge in [-0.15, -0.1) is 0 Å². The quantitative estimate of drug-likeness (QED) is 0.104. The summed E-state index contributed by atoms with van der Waals surface area (Å²) in [7, 11) is 6.70. The molecule has 8 bridgehead atoms. The molecule has 5 saturated heterocycles. The number of fused-ring (bicyclic) bond motifs is 22. The molecule has 8 atom stereocenters. The van der Waals surface area contributed by atoms with Crippen molar-refractivity contribution < 1.29 is 36.2 Å². The van der Waals surface area contributed by atoms with Gasteiger partial charge in [0.1, 0.15) is 0 Å². The van der Waals surface area contributed by atoms with Crippen LogP contribution in [-0.2, 0) is 17.1 Å². The van der Waals surface area contributed by atoms with Crippen molar-refractivity contribution in [2.24, 2.45) is 47.3 Å². The molecule has 9 fully saturated rings. The van der Waals surface area contributed by atoms with Gasteiger partial charge in [0.05, 0.1) is 49.3 Å². The van der Waals surface area contributed by atoms with E-state index in [0.717, 1.165) is 57.1 Å². The van der Waals surface area contributed by atoms with Gasteiger partial charge < -0.3 is 9.80 Å². The second kappa shape index (κ2) is 19.1. The zero-order chi connectivity index (χ0) is 43.6. The molecule has 8 N–H and O–H groups in total. The monoisotopic (exact) mass is 935 g/mol. The number of carbonyl (C=O) groups excluding carboxylic acids is 4. The number of rotatable bonds is 0. The molecule has 11 aliphatic rings. The van der Waals surface area contributed by atoms with Crippen LogP contribution in [0.15, 0.2) is 48.5 Å². The maximum Gasteiger partial charge on any atom is 2.00 e. The first-order valence-corrected chi connectivity index (χ1v) is 24.9. The topological polar surface area (TPSA) is 171 Å². The van der Waals surface area contributed by atoms with Crippen LogP contribution in [0.2, 0.25) is 0 Å². The number of imide groups is 2. The van der Waals surface area contributed by atoms with Crippen molar-refractivity contribution in [3.8, 4) is 0 Å². The Hall–Kier alpha value is -3.08. The van der Waals surface area contributed by atoms with Crippen LogP contribution < -0.4 is 42.5 Å². The summed E-state index contributed by atoms with van der Waals surface area (Å²) in [5.41, 5.74) is 1.77. The molecule has 4 saturated carbocycles. The van der Waals surface area contributed by atoms with Crippen LogP contribution in [0.5, 0.6) is 0 Å². The molecule has 65 heavy (non-hydrogen) atoms. The molecule has 353 valence electrons. The normalized spacial score (nSPS) is 41.1. The fourth-order valence-corrected chi connectivity index (χ4v) is 14.5. The number of hydrogen-bond donors (Lipinski definition) is 8. The molecule has 13 rings (SSSR count). The molecule has 0 aromatic heterocycles. The third-order valence-corrected chi connectivity index (χ3v) is 17.6. The number of nitrogens with zero attached hydrogens (tertiary/aromatic N) is 2. The van der Waals surface area contributed by atoms with Gasteiger partial charge >= 0.3 is 17.1 Å². The molecule has 0 spiro atoms. The van der Waals surface area contributed by atoms with Crippen LogP contribution in [0.1, 0.15) is 144 Å². The van der Waals surface area contributed by atoms with Crippen LogP contribution in [0, 0.1) is 61.4 Å². The summed E-state index contributed by atoms with van der Waals surface area (Å²) in [5, 5.41) is 33.8. The van der Waals surface area contributed by atoms with Gasteiger partial charge in [0.15, 0.2) is 0 Å². The first-order valence-electron chi connectivity index (χ1n) is 24.9. The van der Waals surface area contributed by atoms with E-state index in [0.29, 0.717) is 71.6 Å². The van der Waals surface area contributed by atoms with Gasteiger partial charge in [-0.3, -0.25) is 61.7 Å². The smallest absolute Gasteiger partial charge is 0.430 e. The van der Waals surface area contributed by atoms with Crippen molar-refractivity contribution in [2.75, 3.05) is 0 Å². The Balaban J connectivity index is 0.000000162. The van der Waals surface area contributed by atoms with E-state index in [9.17, 15) is 19.2 Å². The molecule has 14 nitrogen and oxygen atoms in total. The predicted molar refractivity (Wildman–Crippen MR) is 242 cm³/mol. The standard InChI is InChI=1S/C32H56N8.2C9H6NO2.Cu/c1-2-10-18-17(9-1)25-33-26(18)38-28-21-13-5-6-14-22(21)30(35-28)40-32-24-16-8-7-15-23(24)31(36-32)39-29-20-12-4-3-11-19(20)27(34-29)37-25;2*1-10-8(11)6-4-2-3-5-7(6)9(10)12;/h17-40H,1-16H2;2*2-5H,1H2;/q;2*-1;+2. The summed E-state index contributed by atoms with van der Waals surface area (Å²) in [6.07, 6.45) is 25.6. The van der Waals surface area contributed by atoms with Gasteiger partial charge in [0, 0.05) is 22.3 Å². The number of amides is 4. The number of nitrogens with one attached hydrogen (secondary N) is 8. The summed E-state index contributed by atoms with van der Waals surface area (Å²) in [6, 6.07) is 13.4. The van der Waals surface area contributed by atoms with Crippen molar-refractivity contribution in [1.29, 1.82) is 0 Å². The fraction of sp³-hybridized carbons (Fsp3) is 0.640. The fourth-order valence-electron chi connectivity index (χ4n) is 14.5. The van der Waals surface area contributed by atoms with Gasteiger partial charge in [-0.05, 0) is 123 Å². The molecule has 2 aromatic rings. The number of benzene rings is 2. The van der Waals surface area contributed by atoms with Crippen molar-refractivity contribution in [1.82, 2.24) is 52.3 Å². The van der Waals surface area contributed by atoms with Crippen molar-refractivity contribution in [2.45, 2.75) is 152 Å². The van der Waals surface area contributed by atoms with Gasteiger partial charge in [-0.2, -0.15) is 0 Å². The van der Waals surface area contributed by atoms with E-state index in [1.165, 1.54) is 103 Å². The van der Waals surface area contributed by atoms with E-state index in [1.54, 1.807) is 48.5 Å². The molecule has 7 heterocycles. The molecule has 1 radical (unpaired) electrons. The Morgan fingerprint density at radius 1 is 0.323 bits per heavy atom. The van der Waals surface area contributed by atoms with E-state index in [1.807, 2.05) is 0 Å². The van der Waals surface area contributed by atoms with Gasteiger partial charge in [-0.25, -0.2) is 14.1 Å². The maximum absolute atomic E-state index is 11.2. The van der Waals surface area contributed by atoms with Gasteiger partial charge in [0.2, 0.25) is 23.6 Å². The summed E-state index contributed by atoms with van der Waals surface area (Å²) in [5.74, 6) is 4.68. The van der Waals surface area contributed by atoms with Crippen molar-refractivity contribution in [3.63, 3.8) is 0 Å². The second-order valence-electron chi connectivity index (χ2n) is 20.8. The Morgan fingerprint density at radius 3 is 0.631 bits per heavy atom. The average Bonchev–Trinajstić information content (AvgIpc) is 4.15. The number of hydrogen-bond acceptors (Lipinski definition) is 12. The van der Waals surface area contributed by atoms with Crippen LogP contribution >= 0.6 is 0 Å². The summed E-state index contributed by atoms with van der Waals surface area (Å²) in [6.45, 7) is 0. The third kappa shape index (κ3) is 8.37. The van der Waals surface area contributed by atoms with Crippen LogP contribution in [-0.4, -0.2) is 82.8 Å². The molecule has 7 aliphatic heterocycles. The third-order valence-electron chi connectivity index (χ3n) is 17.6. The number of carbonyl (C=O) groups is 4. The average molecular weight is 937 g/mol. The SMILES string of the molecule is C1CCC2C3NC(NC4NC(NC5NC(NC6NC(N3)C3CCCCC63)C3CCCCC53)C3CCCCC43)C2C1.[CH2-]N1C(=O)c2ccccc2C1=O.[CH2-]N1C(=O)c2ccccc2C1=O.[Cu+2]. The van der Waals surface area contributed by atoms with Gasteiger partial charge in [-0.1, -0.05) is 75.6 Å². The predicted octanol–water partition coefficient (Wildman–Crippen LogP) is 4.75. The summed E-state index contributed by atoms with van der Waals surface area (Å²) < 4.78 is 0. The molecule has 8 unspecified atom stereocenters. The van der Waals surface area contributed by atoms with Gasteiger partial charge in [0.25, 0.3) is 0 Å². The van der Waals surface area contributed by atoms with E-state index in [2.05, 4.69) is 56.6 Å². The van der Waals surface area contributed by atoms with E-state index in [-0.39, 0.29) is 40.7 Å². The summed E-state index contributed by atoms with van der Waals surface area (Å²) in [4.78, 5) is 46.8.